The molecule has 1 aromatic rings. The van der Waals surface area contributed by atoms with Gasteiger partial charge in [-0.1, -0.05) is 19.4 Å². The third-order valence-corrected chi connectivity index (χ3v) is 3.32. The van der Waals surface area contributed by atoms with Crippen molar-refractivity contribution in [3.63, 3.8) is 0 Å². The van der Waals surface area contributed by atoms with E-state index in [1.807, 2.05) is 0 Å². The van der Waals surface area contributed by atoms with Crippen molar-refractivity contribution in [2.45, 2.75) is 32.6 Å². The van der Waals surface area contributed by atoms with Crippen molar-refractivity contribution >= 4 is 0 Å². The minimum absolute atomic E-state index is 0.884. The Kier molecular flexibility index (Phi) is 2.76. The largest absolute Gasteiger partial charge is 0.497 e. The molecule has 0 aliphatic heterocycles. The zero-order valence-corrected chi connectivity index (χ0v) is 9.05. The van der Waals surface area contributed by atoms with Gasteiger partial charge in [-0.25, -0.2) is 0 Å². The Hall–Kier alpha value is -0.980. The molecule has 0 spiro atoms. The van der Waals surface area contributed by atoms with E-state index in [1.165, 1.54) is 36.8 Å². The minimum Gasteiger partial charge on any atom is -0.497 e. The van der Waals surface area contributed by atoms with Crippen molar-refractivity contribution in [1.82, 2.24) is 0 Å². The van der Waals surface area contributed by atoms with Crippen LogP contribution in [0.2, 0.25) is 0 Å². The maximum atomic E-state index is 5.25. The molecule has 1 atom stereocenters. The second kappa shape index (κ2) is 4.04. The van der Waals surface area contributed by atoms with Crippen LogP contribution in [0.3, 0.4) is 0 Å². The Bertz CT molecular complexity index is 317. The first-order valence-corrected chi connectivity index (χ1v) is 5.49. The van der Waals surface area contributed by atoms with E-state index in [0.29, 0.717) is 0 Å². The summed E-state index contributed by atoms with van der Waals surface area (Å²) in [6.45, 7) is 2.29. The monoisotopic (exact) mass is 190 g/mol. The summed E-state index contributed by atoms with van der Waals surface area (Å²) in [5.41, 5.74) is 3.03. The summed E-state index contributed by atoms with van der Waals surface area (Å²) in [6, 6.07) is 6.50. The van der Waals surface area contributed by atoms with Gasteiger partial charge in [0.2, 0.25) is 0 Å². The zero-order valence-electron chi connectivity index (χ0n) is 9.05. The van der Waals surface area contributed by atoms with Gasteiger partial charge in [0.05, 0.1) is 7.11 Å². The van der Waals surface area contributed by atoms with Gasteiger partial charge in [0.25, 0.3) is 0 Å². The molecule has 0 saturated heterocycles. The summed E-state index contributed by atoms with van der Waals surface area (Å²) in [5, 5.41) is 0. The van der Waals surface area contributed by atoms with Crippen LogP contribution in [0.15, 0.2) is 18.2 Å². The van der Waals surface area contributed by atoms with E-state index in [4.69, 9.17) is 4.74 Å². The van der Waals surface area contributed by atoms with E-state index in [2.05, 4.69) is 25.1 Å². The van der Waals surface area contributed by atoms with E-state index in [-0.39, 0.29) is 0 Å². The van der Waals surface area contributed by atoms with Crippen molar-refractivity contribution < 1.29 is 4.74 Å². The summed E-state index contributed by atoms with van der Waals surface area (Å²) in [5.74, 6) is 1.88. The third-order valence-electron chi connectivity index (χ3n) is 3.32. The van der Waals surface area contributed by atoms with Gasteiger partial charge < -0.3 is 4.74 Å². The van der Waals surface area contributed by atoms with Gasteiger partial charge in [-0.3, -0.25) is 0 Å². The Morgan fingerprint density at radius 3 is 2.93 bits per heavy atom. The number of aryl methyl sites for hydroxylation is 1. The van der Waals surface area contributed by atoms with E-state index in [0.717, 1.165) is 11.7 Å². The second-order valence-electron chi connectivity index (χ2n) is 4.15. The average Bonchev–Trinajstić information content (AvgIpc) is 2.27. The molecule has 1 heteroatoms. The van der Waals surface area contributed by atoms with Gasteiger partial charge in [0, 0.05) is 0 Å². The predicted molar refractivity (Wildman–Crippen MR) is 58.8 cm³/mol. The van der Waals surface area contributed by atoms with Gasteiger partial charge in [-0.05, 0) is 48.4 Å². The zero-order chi connectivity index (χ0) is 9.97. The molecule has 0 fully saturated rings. The SMILES string of the molecule is CC[C@@H]1CCc2ccc(OC)cc2C1. The maximum absolute atomic E-state index is 5.25. The molecule has 14 heavy (non-hydrogen) atoms. The molecule has 0 aromatic heterocycles. The lowest BCUT2D eigenvalue weighted by molar-refractivity contribution is 0.409. The Labute approximate surface area is 86.1 Å². The molecule has 0 amide bonds. The molecule has 1 aromatic carbocycles. The lowest BCUT2D eigenvalue weighted by Gasteiger charge is -2.23. The Balaban J connectivity index is 2.25. The first-order valence-electron chi connectivity index (χ1n) is 5.49. The highest BCUT2D eigenvalue weighted by atomic mass is 16.5. The van der Waals surface area contributed by atoms with Crippen LogP contribution in [0.4, 0.5) is 0 Å². The predicted octanol–water partition coefficient (Wildman–Crippen LogP) is 3.21. The number of hydrogen-bond acceptors (Lipinski definition) is 1. The Morgan fingerprint density at radius 2 is 2.21 bits per heavy atom. The fraction of sp³-hybridized carbons (Fsp3) is 0.538. The van der Waals surface area contributed by atoms with Crippen LogP contribution in [-0.4, -0.2) is 7.11 Å². The molecule has 0 bridgehead atoms. The average molecular weight is 190 g/mol. The smallest absolute Gasteiger partial charge is 0.119 e. The molecule has 1 aliphatic carbocycles. The third kappa shape index (κ3) is 1.77. The van der Waals surface area contributed by atoms with Crippen LogP contribution in [0.1, 0.15) is 30.9 Å². The molecular weight excluding hydrogens is 172 g/mol. The van der Waals surface area contributed by atoms with Crippen molar-refractivity contribution in [2.24, 2.45) is 5.92 Å². The standard InChI is InChI=1S/C13H18O/c1-3-10-4-5-11-6-7-13(14-2)9-12(11)8-10/h6-7,9-10H,3-5,8H2,1-2H3/t10-/m1/s1. The molecule has 0 saturated carbocycles. The van der Waals surface area contributed by atoms with Crippen molar-refractivity contribution in [2.75, 3.05) is 7.11 Å². The van der Waals surface area contributed by atoms with E-state index in [9.17, 15) is 0 Å². The highest BCUT2D eigenvalue weighted by Crippen LogP contribution is 2.29. The quantitative estimate of drug-likeness (QED) is 0.695. The summed E-state index contributed by atoms with van der Waals surface area (Å²) in [7, 11) is 1.74. The molecule has 76 valence electrons. The van der Waals surface area contributed by atoms with Crippen LogP contribution in [-0.2, 0) is 12.8 Å². The van der Waals surface area contributed by atoms with Gasteiger partial charge in [0.15, 0.2) is 0 Å². The molecule has 0 N–H and O–H groups in total. The van der Waals surface area contributed by atoms with Crippen LogP contribution in [0, 0.1) is 5.92 Å². The number of fused-ring (bicyclic) bond motifs is 1. The highest BCUT2D eigenvalue weighted by molar-refractivity contribution is 5.37. The summed E-state index contributed by atoms with van der Waals surface area (Å²) < 4.78 is 5.25. The fourth-order valence-corrected chi connectivity index (χ4v) is 2.28. The second-order valence-corrected chi connectivity index (χ2v) is 4.15. The van der Waals surface area contributed by atoms with E-state index < -0.39 is 0 Å². The van der Waals surface area contributed by atoms with Crippen molar-refractivity contribution in [3.05, 3.63) is 29.3 Å². The molecule has 1 aliphatic rings. The first-order chi connectivity index (χ1) is 6.83. The van der Waals surface area contributed by atoms with Crippen LogP contribution < -0.4 is 4.74 Å². The first kappa shape index (κ1) is 9.57. The van der Waals surface area contributed by atoms with E-state index >= 15 is 0 Å². The van der Waals surface area contributed by atoms with Crippen molar-refractivity contribution in [1.29, 1.82) is 0 Å². The number of ether oxygens (including phenoxy) is 1. The van der Waals surface area contributed by atoms with Crippen LogP contribution in [0.5, 0.6) is 5.75 Å². The number of hydrogen-bond donors (Lipinski definition) is 0. The molecular formula is C13H18O. The lowest BCUT2D eigenvalue weighted by Crippen LogP contribution is -2.13. The molecule has 0 heterocycles. The number of rotatable bonds is 2. The lowest BCUT2D eigenvalue weighted by atomic mass is 9.82. The number of benzene rings is 1. The summed E-state index contributed by atoms with van der Waals surface area (Å²) >= 11 is 0. The summed E-state index contributed by atoms with van der Waals surface area (Å²) in [6.07, 6.45) is 5.15. The Morgan fingerprint density at radius 1 is 1.36 bits per heavy atom. The number of methoxy groups -OCH3 is 1. The van der Waals surface area contributed by atoms with Crippen LogP contribution >= 0.6 is 0 Å². The molecule has 0 unspecified atom stereocenters. The van der Waals surface area contributed by atoms with Gasteiger partial charge in [-0.2, -0.15) is 0 Å². The van der Waals surface area contributed by atoms with Gasteiger partial charge >= 0.3 is 0 Å². The summed E-state index contributed by atoms with van der Waals surface area (Å²) in [4.78, 5) is 0. The molecule has 2 rings (SSSR count). The maximum Gasteiger partial charge on any atom is 0.119 e. The van der Waals surface area contributed by atoms with Gasteiger partial charge in [0.1, 0.15) is 5.75 Å². The van der Waals surface area contributed by atoms with E-state index in [1.54, 1.807) is 7.11 Å². The van der Waals surface area contributed by atoms with Crippen molar-refractivity contribution in [3.8, 4) is 5.75 Å². The van der Waals surface area contributed by atoms with Crippen LogP contribution in [0.25, 0.3) is 0 Å². The normalized spacial score (nSPS) is 20.3. The molecule has 0 radical (unpaired) electrons. The fourth-order valence-electron chi connectivity index (χ4n) is 2.28. The minimum atomic E-state index is 0.884. The highest BCUT2D eigenvalue weighted by Gasteiger charge is 2.17. The molecule has 1 nitrogen and oxygen atoms in total. The van der Waals surface area contributed by atoms with Gasteiger partial charge in [-0.15, -0.1) is 0 Å². The topological polar surface area (TPSA) is 9.23 Å².